The van der Waals surface area contributed by atoms with Gasteiger partial charge in [0.1, 0.15) is 6.33 Å². The Morgan fingerprint density at radius 2 is 2.22 bits per heavy atom. The molecule has 0 spiro atoms. The molecule has 0 atom stereocenters. The van der Waals surface area contributed by atoms with Crippen molar-refractivity contribution < 1.29 is 5.11 Å². The van der Waals surface area contributed by atoms with E-state index in [1.54, 1.807) is 12.5 Å². The molecule has 0 unspecified atom stereocenters. The van der Waals surface area contributed by atoms with E-state index in [0.717, 1.165) is 24.3 Å². The average molecular weight is 247 g/mol. The first-order chi connectivity index (χ1) is 8.90. The fourth-order valence-corrected chi connectivity index (χ4v) is 2.73. The molecule has 1 saturated carbocycles. The molecular weight excluding hydrogens is 230 g/mol. The van der Waals surface area contributed by atoms with Gasteiger partial charge in [-0.15, -0.1) is 10.2 Å². The topological polar surface area (TPSA) is 66.5 Å². The van der Waals surface area contributed by atoms with Gasteiger partial charge in [0.05, 0.1) is 6.61 Å². The molecule has 1 fully saturated rings. The number of hydrogen-bond donors (Lipinski definition) is 1. The Bertz CT molecular complexity index is 520. The van der Waals surface area contributed by atoms with Gasteiger partial charge in [-0.25, -0.2) is 4.98 Å². The lowest BCUT2D eigenvalue weighted by atomic mass is 10.2. The van der Waals surface area contributed by atoms with Crippen LogP contribution in [-0.2, 0) is 0 Å². The molecule has 6 nitrogen and oxygen atoms in total. The van der Waals surface area contributed by atoms with Gasteiger partial charge in [0.15, 0.2) is 5.82 Å². The third kappa shape index (κ3) is 1.92. The van der Waals surface area contributed by atoms with Crippen molar-refractivity contribution in [2.24, 2.45) is 0 Å². The number of hydrogen-bond acceptors (Lipinski definition) is 5. The normalized spacial score (nSPS) is 16.5. The summed E-state index contributed by atoms with van der Waals surface area (Å²) >= 11 is 0. The molecule has 1 N–H and O–H groups in total. The quantitative estimate of drug-likeness (QED) is 0.868. The van der Waals surface area contributed by atoms with E-state index in [1.165, 1.54) is 12.8 Å². The van der Waals surface area contributed by atoms with Gasteiger partial charge in [0, 0.05) is 25.0 Å². The molecule has 0 amide bonds. The molecule has 0 saturated heterocycles. The Morgan fingerprint density at radius 3 is 3.00 bits per heavy atom. The molecule has 1 aliphatic carbocycles. The van der Waals surface area contributed by atoms with Crippen LogP contribution in [0.2, 0.25) is 0 Å². The van der Waals surface area contributed by atoms with Crippen molar-refractivity contribution >= 4 is 11.5 Å². The minimum Gasteiger partial charge on any atom is -0.395 e. The third-order valence-electron chi connectivity index (χ3n) is 3.58. The highest BCUT2D eigenvalue weighted by Crippen LogP contribution is 2.28. The lowest BCUT2D eigenvalue weighted by Gasteiger charge is -2.29. The molecule has 2 heterocycles. The monoisotopic (exact) mass is 247 g/mol. The number of aliphatic hydroxyl groups is 1. The highest BCUT2D eigenvalue weighted by atomic mass is 16.3. The lowest BCUT2D eigenvalue weighted by molar-refractivity contribution is 0.297. The summed E-state index contributed by atoms with van der Waals surface area (Å²) < 4.78 is 1.86. The molecule has 1 aliphatic rings. The van der Waals surface area contributed by atoms with Crippen LogP contribution in [0.1, 0.15) is 25.7 Å². The van der Waals surface area contributed by atoms with Gasteiger partial charge in [-0.05, 0) is 12.8 Å². The highest BCUT2D eigenvalue weighted by molar-refractivity contribution is 5.63. The summed E-state index contributed by atoms with van der Waals surface area (Å²) in [5.74, 6) is 0.830. The number of nitrogens with zero attached hydrogens (tertiary/aromatic N) is 5. The van der Waals surface area contributed by atoms with Gasteiger partial charge in [0.25, 0.3) is 0 Å². The summed E-state index contributed by atoms with van der Waals surface area (Å²) in [4.78, 5) is 6.61. The zero-order valence-corrected chi connectivity index (χ0v) is 10.2. The summed E-state index contributed by atoms with van der Waals surface area (Å²) in [5, 5.41) is 17.3. The fraction of sp³-hybridized carbons (Fsp3) is 0.583. The standard InChI is InChI=1S/C12H17N5O/c18-8-7-17(10-3-1-2-4-10)11-12-15-14-9-16(12)6-5-13-11/h5-6,9-10,18H,1-4,7-8H2. The Kier molecular flexibility index (Phi) is 3.10. The van der Waals surface area contributed by atoms with E-state index in [4.69, 9.17) is 0 Å². The van der Waals surface area contributed by atoms with Crippen LogP contribution in [0.15, 0.2) is 18.7 Å². The van der Waals surface area contributed by atoms with Crippen molar-refractivity contribution in [2.75, 3.05) is 18.1 Å². The second-order valence-electron chi connectivity index (χ2n) is 4.67. The number of rotatable bonds is 4. The van der Waals surface area contributed by atoms with Crippen LogP contribution in [0.5, 0.6) is 0 Å². The van der Waals surface area contributed by atoms with Crippen molar-refractivity contribution in [3.05, 3.63) is 18.7 Å². The van der Waals surface area contributed by atoms with Gasteiger partial charge >= 0.3 is 0 Å². The number of aromatic nitrogens is 4. The number of anilines is 1. The Labute approximate surface area is 105 Å². The molecule has 2 aromatic rings. The fourth-order valence-electron chi connectivity index (χ4n) is 2.73. The van der Waals surface area contributed by atoms with Crippen LogP contribution in [0.4, 0.5) is 5.82 Å². The maximum atomic E-state index is 9.27. The number of fused-ring (bicyclic) bond motifs is 1. The first-order valence-electron chi connectivity index (χ1n) is 6.42. The molecule has 3 rings (SSSR count). The molecular formula is C12H17N5O. The maximum Gasteiger partial charge on any atom is 0.203 e. The zero-order valence-electron chi connectivity index (χ0n) is 10.2. The van der Waals surface area contributed by atoms with Gasteiger partial charge < -0.3 is 10.0 Å². The smallest absolute Gasteiger partial charge is 0.203 e. The van der Waals surface area contributed by atoms with E-state index in [1.807, 2.05) is 10.6 Å². The Balaban J connectivity index is 2.00. The van der Waals surface area contributed by atoms with E-state index in [0.29, 0.717) is 12.6 Å². The van der Waals surface area contributed by atoms with Crippen LogP contribution in [0.25, 0.3) is 5.65 Å². The molecule has 0 aliphatic heterocycles. The SMILES string of the molecule is OCCN(c1nccn2cnnc12)C1CCCC1. The van der Waals surface area contributed by atoms with Crippen LogP contribution < -0.4 is 4.90 Å². The largest absolute Gasteiger partial charge is 0.395 e. The van der Waals surface area contributed by atoms with E-state index in [9.17, 15) is 5.11 Å². The van der Waals surface area contributed by atoms with Crippen molar-refractivity contribution in [1.82, 2.24) is 19.6 Å². The third-order valence-corrected chi connectivity index (χ3v) is 3.58. The predicted octanol–water partition coefficient (Wildman–Crippen LogP) is 0.866. The van der Waals surface area contributed by atoms with Crippen molar-refractivity contribution in [3.8, 4) is 0 Å². The molecule has 18 heavy (non-hydrogen) atoms. The molecule has 2 aromatic heterocycles. The molecule has 96 valence electrons. The van der Waals surface area contributed by atoms with Gasteiger partial charge in [0.2, 0.25) is 5.65 Å². The summed E-state index contributed by atoms with van der Waals surface area (Å²) in [5.41, 5.74) is 0.762. The Hall–Kier alpha value is -1.69. The minimum atomic E-state index is 0.132. The summed E-state index contributed by atoms with van der Waals surface area (Å²) in [6, 6.07) is 0.465. The summed E-state index contributed by atoms with van der Waals surface area (Å²) in [6.45, 7) is 0.734. The van der Waals surface area contributed by atoms with Crippen molar-refractivity contribution in [3.63, 3.8) is 0 Å². The highest BCUT2D eigenvalue weighted by Gasteiger charge is 2.25. The van der Waals surface area contributed by atoms with Gasteiger partial charge in [-0.1, -0.05) is 12.8 Å². The average Bonchev–Trinajstić information content (AvgIpc) is 3.06. The molecule has 6 heteroatoms. The van der Waals surface area contributed by atoms with Crippen LogP contribution >= 0.6 is 0 Å². The first kappa shape index (κ1) is 11.4. The van der Waals surface area contributed by atoms with E-state index in [2.05, 4.69) is 20.1 Å². The zero-order chi connectivity index (χ0) is 12.4. The molecule has 0 bridgehead atoms. The van der Waals surface area contributed by atoms with Crippen molar-refractivity contribution in [2.45, 2.75) is 31.7 Å². The van der Waals surface area contributed by atoms with E-state index in [-0.39, 0.29) is 6.61 Å². The Morgan fingerprint density at radius 1 is 1.39 bits per heavy atom. The van der Waals surface area contributed by atoms with Crippen LogP contribution in [-0.4, -0.2) is 43.9 Å². The first-order valence-corrected chi connectivity index (χ1v) is 6.42. The minimum absolute atomic E-state index is 0.132. The van der Waals surface area contributed by atoms with E-state index >= 15 is 0 Å². The van der Waals surface area contributed by atoms with Crippen molar-refractivity contribution in [1.29, 1.82) is 0 Å². The van der Waals surface area contributed by atoms with Gasteiger partial charge in [-0.3, -0.25) is 4.40 Å². The van der Waals surface area contributed by atoms with Crippen LogP contribution in [0, 0.1) is 0 Å². The summed E-state index contributed by atoms with van der Waals surface area (Å²) in [7, 11) is 0. The van der Waals surface area contributed by atoms with E-state index < -0.39 is 0 Å². The summed E-state index contributed by atoms with van der Waals surface area (Å²) in [6.07, 6.45) is 10.1. The number of aliphatic hydroxyl groups excluding tert-OH is 1. The lowest BCUT2D eigenvalue weighted by Crippen LogP contribution is -2.36. The molecule has 0 aromatic carbocycles. The predicted molar refractivity (Wildman–Crippen MR) is 67.5 cm³/mol. The maximum absolute atomic E-state index is 9.27. The second-order valence-corrected chi connectivity index (χ2v) is 4.67. The van der Waals surface area contributed by atoms with Crippen LogP contribution in [0.3, 0.4) is 0 Å². The van der Waals surface area contributed by atoms with Gasteiger partial charge in [-0.2, -0.15) is 0 Å². The molecule has 0 radical (unpaired) electrons. The second kappa shape index (κ2) is 4.89.